The number of carbonyl (C=O) groups is 2. The van der Waals surface area contributed by atoms with E-state index in [1.54, 1.807) is 0 Å². The van der Waals surface area contributed by atoms with Crippen LogP contribution < -0.4 is 0 Å². The maximum atomic E-state index is 13.0. The number of piperazine rings is 1. The number of carboxylic acid groups (broad SMARTS) is 2. The molecule has 1 fully saturated rings. The Morgan fingerprint density at radius 3 is 2.06 bits per heavy atom. The molecule has 1 heterocycles. The lowest BCUT2D eigenvalue weighted by atomic mass is 10.0. The van der Waals surface area contributed by atoms with Crippen molar-refractivity contribution in [2.24, 2.45) is 0 Å². The summed E-state index contributed by atoms with van der Waals surface area (Å²) in [6.45, 7) is 2.49. The normalized spacial score (nSPS) is 14.6. The third-order valence-corrected chi connectivity index (χ3v) is 7.41. The van der Waals surface area contributed by atoms with Crippen molar-refractivity contribution in [3.8, 4) is 0 Å². The standard InChI is InChI=1S/C21H21N3O4S.C2H2O4/c25-24(26)20-10-3-4-11-21(20)29(27,28)23-14-12-22(13-15-23)16-18-8-5-7-17-6-1-2-9-19(17)18;3-1(4)2(5)6/h1-11H,12-16H2;(H,3,4)(H,5,6). The van der Waals surface area contributed by atoms with Crippen molar-refractivity contribution in [1.82, 2.24) is 9.21 Å². The van der Waals surface area contributed by atoms with Gasteiger partial charge in [-0.3, -0.25) is 15.0 Å². The summed E-state index contributed by atoms with van der Waals surface area (Å²) >= 11 is 0. The van der Waals surface area contributed by atoms with Crippen LogP contribution in [0.5, 0.6) is 0 Å². The van der Waals surface area contributed by atoms with E-state index in [1.165, 1.54) is 44.9 Å². The molecule has 0 spiro atoms. The second-order valence-electron chi connectivity index (χ2n) is 7.65. The van der Waals surface area contributed by atoms with Gasteiger partial charge in [-0.05, 0) is 22.4 Å². The van der Waals surface area contributed by atoms with E-state index < -0.39 is 26.9 Å². The van der Waals surface area contributed by atoms with Gasteiger partial charge in [-0.2, -0.15) is 4.31 Å². The largest absolute Gasteiger partial charge is 0.473 e. The zero-order chi connectivity index (χ0) is 25.6. The summed E-state index contributed by atoms with van der Waals surface area (Å²) in [6, 6.07) is 19.9. The van der Waals surface area contributed by atoms with Gasteiger partial charge in [0, 0.05) is 38.8 Å². The van der Waals surface area contributed by atoms with Crippen molar-refractivity contribution in [3.63, 3.8) is 0 Å². The van der Waals surface area contributed by atoms with Crippen LogP contribution in [0, 0.1) is 10.1 Å². The highest BCUT2D eigenvalue weighted by atomic mass is 32.2. The highest BCUT2D eigenvalue weighted by Crippen LogP contribution is 2.27. The van der Waals surface area contributed by atoms with Crippen molar-refractivity contribution in [2.75, 3.05) is 26.2 Å². The molecule has 0 atom stereocenters. The minimum atomic E-state index is -3.90. The van der Waals surface area contributed by atoms with Crippen LogP contribution in [0.1, 0.15) is 5.56 Å². The molecule has 3 aromatic carbocycles. The topological polar surface area (TPSA) is 158 Å². The molecule has 11 nitrogen and oxygen atoms in total. The number of hydrogen-bond acceptors (Lipinski definition) is 7. The fraction of sp³-hybridized carbons (Fsp3) is 0.217. The molecule has 1 saturated heterocycles. The molecule has 0 radical (unpaired) electrons. The third-order valence-electron chi connectivity index (χ3n) is 5.47. The Morgan fingerprint density at radius 1 is 0.857 bits per heavy atom. The summed E-state index contributed by atoms with van der Waals surface area (Å²) in [5.74, 6) is -3.65. The molecule has 184 valence electrons. The molecule has 4 rings (SSSR count). The van der Waals surface area contributed by atoms with Gasteiger partial charge in [0.1, 0.15) is 0 Å². The van der Waals surface area contributed by atoms with E-state index in [0.29, 0.717) is 26.2 Å². The average molecular weight is 502 g/mol. The van der Waals surface area contributed by atoms with Gasteiger partial charge >= 0.3 is 11.9 Å². The van der Waals surface area contributed by atoms with E-state index in [-0.39, 0.29) is 10.6 Å². The molecule has 0 bridgehead atoms. The number of fused-ring (bicyclic) bond motifs is 1. The molecule has 35 heavy (non-hydrogen) atoms. The molecule has 0 amide bonds. The lowest BCUT2D eigenvalue weighted by Gasteiger charge is -2.34. The molecule has 1 aliphatic heterocycles. The molecule has 0 aliphatic carbocycles. The first kappa shape index (κ1) is 25.7. The fourth-order valence-corrected chi connectivity index (χ4v) is 5.34. The molecule has 2 N–H and O–H groups in total. The summed E-state index contributed by atoms with van der Waals surface area (Å²) < 4.78 is 27.3. The molecular weight excluding hydrogens is 478 g/mol. The van der Waals surface area contributed by atoms with Crippen LogP contribution in [0.15, 0.2) is 71.6 Å². The number of carboxylic acids is 2. The molecule has 3 aromatic rings. The van der Waals surface area contributed by atoms with Gasteiger partial charge in [0.25, 0.3) is 5.69 Å². The Labute approximate surface area is 201 Å². The van der Waals surface area contributed by atoms with Crippen molar-refractivity contribution in [2.45, 2.75) is 11.4 Å². The first-order valence-electron chi connectivity index (χ1n) is 10.5. The van der Waals surface area contributed by atoms with Crippen molar-refractivity contribution in [3.05, 3.63) is 82.4 Å². The number of benzene rings is 3. The van der Waals surface area contributed by atoms with E-state index in [9.17, 15) is 18.5 Å². The minimum absolute atomic E-state index is 0.243. The van der Waals surface area contributed by atoms with Crippen LogP contribution in [0.4, 0.5) is 5.69 Å². The van der Waals surface area contributed by atoms with Crippen molar-refractivity contribution >= 4 is 38.4 Å². The summed E-state index contributed by atoms with van der Waals surface area (Å²) in [5.41, 5.74) is 0.823. The fourth-order valence-electron chi connectivity index (χ4n) is 3.76. The molecule has 0 aromatic heterocycles. The Morgan fingerprint density at radius 2 is 1.43 bits per heavy atom. The van der Waals surface area contributed by atoms with E-state index in [4.69, 9.17) is 19.8 Å². The average Bonchev–Trinajstić information content (AvgIpc) is 2.85. The smallest absolute Gasteiger partial charge is 0.414 e. The number of nitro groups is 1. The van der Waals surface area contributed by atoms with Crippen molar-refractivity contribution in [1.29, 1.82) is 0 Å². The Balaban J connectivity index is 0.000000509. The number of nitro benzene ring substituents is 1. The Bertz CT molecular complexity index is 1330. The van der Waals surface area contributed by atoms with Crippen LogP contribution in [0.2, 0.25) is 0 Å². The third kappa shape index (κ3) is 6.18. The van der Waals surface area contributed by atoms with Crippen LogP contribution >= 0.6 is 0 Å². The van der Waals surface area contributed by atoms with E-state index in [0.717, 1.165) is 6.54 Å². The monoisotopic (exact) mass is 501 g/mol. The number of para-hydroxylation sites is 1. The quantitative estimate of drug-likeness (QED) is 0.304. The Hall–Kier alpha value is -3.87. The van der Waals surface area contributed by atoms with E-state index >= 15 is 0 Å². The zero-order valence-electron chi connectivity index (χ0n) is 18.5. The second kappa shape index (κ2) is 11.0. The van der Waals surface area contributed by atoms with Crippen molar-refractivity contribution < 1.29 is 33.1 Å². The summed E-state index contributed by atoms with van der Waals surface area (Å²) in [6.07, 6.45) is 0. The number of aliphatic carboxylic acids is 2. The maximum Gasteiger partial charge on any atom is 0.414 e. The maximum absolute atomic E-state index is 13.0. The number of nitrogens with zero attached hydrogens (tertiary/aromatic N) is 3. The van der Waals surface area contributed by atoms with Crippen LogP contribution in [-0.2, 0) is 26.2 Å². The number of sulfonamides is 1. The van der Waals surface area contributed by atoms with Gasteiger partial charge in [0.05, 0.1) is 4.92 Å². The Kier molecular flexibility index (Phi) is 8.12. The van der Waals surface area contributed by atoms with Crippen LogP contribution in [0.3, 0.4) is 0 Å². The predicted octanol–water partition coefficient (Wildman–Crippen LogP) is 2.41. The molecular formula is C23H23N3O8S. The van der Waals surface area contributed by atoms with Gasteiger partial charge in [0.15, 0.2) is 4.90 Å². The SMILES string of the molecule is O=C(O)C(=O)O.O=[N+]([O-])c1ccccc1S(=O)(=O)N1CCN(Cc2cccc3ccccc23)CC1. The zero-order valence-corrected chi connectivity index (χ0v) is 19.3. The highest BCUT2D eigenvalue weighted by Gasteiger charge is 2.33. The molecule has 0 saturated carbocycles. The number of rotatable bonds is 5. The van der Waals surface area contributed by atoms with Crippen LogP contribution in [-0.4, -0.2) is 70.9 Å². The van der Waals surface area contributed by atoms with Gasteiger partial charge < -0.3 is 10.2 Å². The summed E-state index contributed by atoms with van der Waals surface area (Å²) in [4.78, 5) is 30.8. The van der Waals surface area contributed by atoms with Crippen LogP contribution in [0.25, 0.3) is 10.8 Å². The minimum Gasteiger partial charge on any atom is -0.473 e. The van der Waals surface area contributed by atoms with Gasteiger partial charge in [-0.15, -0.1) is 0 Å². The lowest BCUT2D eigenvalue weighted by Crippen LogP contribution is -2.48. The number of hydrogen-bond donors (Lipinski definition) is 2. The second-order valence-corrected chi connectivity index (χ2v) is 9.56. The summed E-state index contributed by atoms with van der Waals surface area (Å²) in [7, 11) is -3.90. The van der Waals surface area contributed by atoms with E-state index in [2.05, 4.69) is 29.2 Å². The molecule has 12 heteroatoms. The van der Waals surface area contributed by atoms with Gasteiger partial charge in [-0.25, -0.2) is 18.0 Å². The van der Waals surface area contributed by atoms with Gasteiger partial charge in [0.2, 0.25) is 10.0 Å². The molecule has 0 unspecified atom stereocenters. The first-order valence-corrected chi connectivity index (χ1v) is 11.9. The van der Waals surface area contributed by atoms with E-state index in [1.807, 2.05) is 18.2 Å². The first-order chi connectivity index (χ1) is 16.6. The predicted molar refractivity (Wildman–Crippen MR) is 126 cm³/mol. The lowest BCUT2D eigenvalue weighted by molar-refractivity contribution is -0.387. The summed E-state index contributed by atoms with van der Waals surface area (Å²) in [5, 5.41) is 28.4. The molecule has 1 aliphatic rings. The highest BCUT2D eigenvalue weighted by molar-refractivity contribution is 7.89. The van der Waals surface area contributed by atoms with Gasteiger partial charge in [-0.1, -0.05) is 54.6 Å².